The molecule has 2 fully saturated rings. The third-order valence-electron chi connectivity index (χ3n) is 5.21. The summed E-state index contributed by atoms with van der Waals surface area (Å²) in [6.45, 7) is 0. The molecule has 4 rings (SSSR count). The fourth-order valence-corrected chi connectivity index (χ4v) is 4.82. The summed E-state index contributed by atoms with van der Waals surface area (Å²) >= 11 is 1.92. The Labute approximate surface area is 144 Å². The molecule has 0 radical (unpaired) electrons. The van der Waals surface area contributed by atoms with E-state index in [4.69, 9.17) is 0 Å². The maximum absolute atomic E-state index is 13.0. The fourth-order valence-electron chi connectivity index (χ4n) is 3.99. The van der Waals surface area contributed by atoms with E-state index in [-0.39, 0.29) is 11.7 Å². The minimum Gasteiger partial charge on any atom is -0.331 e. The molecule has 1 N–H and O–H groups in total. The van der Waals surface area contributed by atoms with Crippen molar-refractivity contribution in [1.82, 2.24) is 15.1 Å². The van der Waals surface area contributed by atoms with Gasteiger partial charge in [0, 0.05) is 22.9 Å². The molecule has 3 atom stereocenters. The summed E-state index contributed by atoms with van der Waals surface area (Å²) in [5, 5.41) is 7.77. The number of aromatic nitrogens is 2. The molecule has 1 aromatic heterocycles. The minimum atomic E-state index is -0.279. The molecule has 3 heterocycles. The van der Waals surface area contributed by atoms with Crippen LogP contribution in [0, 0.1) is 5.82 Å². The quantitative estimate of drug-likeness (QED) is 0.922. The number of hydrogen-bond acceptors (Lipinski definition) is 3. The van der Waals surface area contributed by atoms with Gasteiger partial charge in [-0.1, -0.05) is 0 Å². The van der Waals surface area contributed by atoms with Gasteiger partial charge in [-0.05, 0) is 62.3 Å². The molecule has 0 saturated carbocycles. The topological polar surface area (TPSA) is 49.0 Å². The summed E-state index contributed by atoms with van der Waals surface area (Å²) in [7, 11) is 0. The van der Waals surface area contributed by atoms with Crippen LogP contribution in [0.5, 0.6) is 0 Å². The molecular weight excluding hydrogens is 325 g/mol. The standard InChI is InChI=1S/C18H20FN3OS/c1-24-15-8-13-6-7-14(9-15)22(13)18(23)17-10-16(20-21-17)11-2-4-12(19)5-3-11/h2-5,10,13-15H,6-9H2,1H3,(H,20,21)/t13-,14+,15?. The molecule has 4 nitrogen and oxygen atoms in total. The van der Waals surface area contributed by atoms with Crippen LogP contribution in [0.15, 0.2) is 30.3 Å². The van der Waals surface area contributed by atoms with Crippen LogP contribution in [0.3, 0.4) is 0 Å². The van der Waals surface area contributed by atoms with Gasteiger partial charge in [0.2, 0.25) is 0 Å². The van der Waals surface area contributed by atoms with E-state index in [1.807, 2.05) is 11.8 Å². The maximum atomic E-state index is 13.0. The van der Waals surface area contributed by atoms with Gasteiger partial charge in [0.25, 0.3) is 5.91 Å². The number of thioether (sulfide) groups is 1. The molecule has 2 aromatic rings. The number of fused-ring (bicyclic) bond motifs is 2. The van der Waals surface area contributed by atoms with E-state index < -0.39 is 0 Å². The van der Waals surface area contributed by atoms with Crippen LogP contribution in [0.2, 0.25) is 0 Å². The zero-order chi connectivity index (χ0) is 16.7. The number of H-pyrrole nitrogens is 1. The number of benzene rings is 1. The van der Waals surface area contributed by atoms with Gasteiger partial charge in [0.05, 0.1) is 5.69 Å². The first-order valence-corrected chi connectivity index (χ1v) is 9.61. The Morgan fingerprint density at radius 3 is 2.54 bits per heavy atom. The molecule has 1 amide bonds. The number of halogens is 1. The highest BCUT2D eigenvalue weighted by Gasteiger charge is 2.43. The summed E-state index contributed by atoms with van der Waals surface area (Å²) in [5.41, 5.74) is 1.99. The lowest BCUT2D eigenvalue weighted by Gasteiger charge is -2.38. The zero-order valence-electron chi connectivity index (χ0n) is 13.5. The van der Waals surface area contributed by atoms with E-state index >= 15 is 0 Å². The van der Waals surface area contributed by atoms with Crippen LogP contribution >= 0.6 is 11.8 Å². The Morgan fingerprint density at radius 1 is 1.25 bits per heavy atom. The number of piperidine rings is 1. The maximum Gasteiger partial charge on any atom is 0.272 e. The molecular formula is C18H20FN3OS. The van der Waals surface area contributed by atoms with Gasteiger partial charge in [0.15, 0.2) is 0 Å². The Bertz CT molecular complexity index is 731. The second-order valence-electron chi connectivity index (χ2n) is 6.60. The Kier molecular flexibility index (Phi) is 4.08. The van der Waals surface area contributed by atoms with Gasteiger partial charge < -0.3 is 4.90 Å². The summed E-state index contributed by atoms with van der Waals surface area (Å²) in [6, 6.07) is 8.63. The normalized spacial score (nSPS) is 25.9. The van der Waals surface area contributed by atoms with E-state index in [1.165, 1.54) is 12.1 Å². The lowest BCUT2D eigenvalue weighted by atomic mass is 10.0. The van der Waals surface area contributed by atoms with Crippen LogP contribution in [-0.4, -0.2) is 44.6 Å². The van der Waals surface area contributed by atoms with Gasteiger partial charge in [0.1, 0.15) is 11.5 Å². The minimum absolute atomic E-state index is 0.0444. The fraction of sp³-hybridized carbons (Fsp3) is 0.444. The highest BCUT2D eigenvalue weighted by molar-refractivity contribution is 7.99. The van der Waals surface area contributed by atoms with Crippen molar-refractivity contribution < 1.29 is 9.18 Å². The zero-order valence-corrected chi connectivity index (χ0v) is 14.4. The van der Waals surface area contributed by atoms with Crippen LogP contribution in [0.1, 0.15) is 36.2 Å². The summed E-state index contributed by atoms with van der Waals surface area (Å²) in [5.74, 6) is -0.234. The largest absolute Gasteiger partial charge is 0.331 e. The molecule has 1 aromatic carbocycles. The third kappa shape index (κ3) is 2.73. The van der Waals surface area contributed by atoms with Gasteiger partial charge in [-0.3, -0.25) is 9.89 Å². The molecule has 126 valence electrons. The number of hydrogen-bond donors (Lipinski definition) is 1. The lowest BCUT2D eigenvalue weighted by Crippen LogP contribution is -2.47. The number of rotatable bonds is 3. The smallest absolute Gasteiger partial charge is 0.272 e. The van der Waals surface area contributed by atoms with E-state index in [2.05, 4.69) is 21.4 Å². The molecule has 1 unspecified atom stereocenters. The second-order valence-corrected chi connectivity index (χ2v) is 7.74. The van der Waals surface area contributed by atoms with Crippen molar-refractivity contribution in [1.29, 1.82) is 0 Å². The molecule has 0 aliphatic carbocycles. The van der Waals surface area contributed by atoms with Crippen molar-refractivity contribution in [3.8, 4) is 11.3 Å². The van der Waals surface area contributed by atoms with Crippen molar-refractivity contribution in [2.75, 3.05) is 6.26 Å². The monoisotopic (exact) mass is 345 g/mol. The first kappa shape index (κ1) is 15.7. The number of amides is 1. The first-order chi connectivity index (χ1) is 11.7. The van der Waals surface area contributed by atoms with Gasteiger partial charge in [-0.2, -0.15) is 16.9 Å². The molecule has 2 saturated heterocycles. The molecule has 24 heavy (non-hydrogen) atoms. The van der Waals surface area contributed by atoms with Gasteiger partial charge in [-0.15, -0.1) is 0 Å². The number of aromatic amines is 1. The number of nitrogens with one attached hydrogen (secondary N) is 1. The first-order valence-electron chi connectivity index (χ1n) is 8.32. The van der Waals surface area contributed by atoms with Crippen molar-refractivity contribution in [3.63, 3.8) is 0 Å². The van der Waals surface area contributed by atoms with Crippen LogP contribution in [-0.2, 0) is 0 Å². The Morgan fingerprint density at radius 2 is 1.92 bits per heavy atom. The van der Waals surface area contributed by atoms with Crippen LogP contribution in [0.25, 0.3) is 11.3 Å². The molecule has 2 bridgehead atoms. The molecule has 6 heteroatoms. The van der Waals surface area contributed by atoms with Crippen molar-refractivity contribution in [2.45, 2.75) is 43.0 Å². The van der Waals surface area contributed by atoms with Crippen molar-refractivity contribution in [2.24, 2.45) is 0 Å². The number of carbonyl (C=O) groups is 1. The second kappa shape index (κ2) is 6.24. The lowest BCUT2D eigenvalue weighted by molar-refractivity contribution is 0.0595. The van der Waals surface area contributed by atoms with Crippen LogP contribution in [0.4, 0.5) is 4.39 Å². The predicted octanol–water partition coefficient (Wildman–Crippen LogP) is 3.71. The summed E-state index contributed by atoms with van der Waals surface area (Å²) < 4.78 is 13.0. The third-order valence-corrected chi connectivity index (χ3v) is 6.26. The SMILES string of the molecule is CSC1C[C@H]2CC[C@@H](C1)N2C(=O)c1cc(-c2ccc(F)cc2)n[nH]1. The van der Waals surface area contributed by atoms with Crippen LogP contribution < -0.4 is 0 Å². The van der Waals surface area contributed by atoms with Crippen molar-refractivity contribution in [3.05, 3.63) is 41.8 Å². The van der Waals surface area contributed by atoms with Gasteiger partial charge in [-0.25, -0.2) is 4.39 Å². The summed E-state index contributed by atoms with van der Waals surface area (Å²) in [4.78, 5) is 15.0. The predicted molar refractivity (Wildman–Crippen MR) is 93.5 cm³/mol. The average Bonchev–Trinajstić information content (AvgIpc) is 3.18. The molecule has 2 aliphatic heterocycles. The average molecular weight is 345 g/mol. The van der Waals surface area contributed by atoms with Crippen molar-refractivity contribution >= 4 is 17.7 Å². The van der Waals surface area contributed by atoms with E-state index in [9.17, 15) is 9.18 Å². The highest BCUT2D eigenvalue weighted by atomic mass is 32.2. The Balaban J connectivity index is 1.55. The number of nitrogens with zero attached hydrogens (tertiary/aromatic N) is 2. The molecule has 0 spiro atoms. The van der Waals surface area contributed by atoms with E-state index in [1.54, 1.807) is 18.2 Å². The highest BCUT2D eigenvalue weighted by Crippen LogP contribution is 2.40. The number of carbonyl (C=O) groups excluding carboxylic acids is 1. The molecule has 2 aliphatic rings. The van der Waals surface area contributed by atoms with E-state index in [0.29, 0.717) is 28.7 Å². The van der Waals surface area contributed by atoms with Gasteiger partial charge >= 0.3 is 0 Å². The summed E-state index contributed by atoms with van der Waals surface area (Å²) in [6.07, 6.45) is 6.54. The Hall–Kier alpha value is -1.82. The van der Waals surface area contributed by atoms with E-state index in [0.717, 1.165) is 31.2 Å².